The Morgan fingerprint density at radius 2 is 1.95 bits per heavy atom. The number of rotatable bonds is 3. The Kier molecular flexibility index (Phi) is 3.60. The summed E-state index contributed by atoms with van der Waals surface area (Å²) in [5.74, 6) is 1.43. The van der Waals surface area contributed by atoms with Crippen LogP contribution in [0.25, 0.3) is 0 Å². The summed E-state index contributed by atoms with van der Waals surface area (Å²) in [6.45, 7) is 6.07. The third-order valence-corrected chi connectivity index (χ3v) is 3.08. The molecule has 1 heterocycles. The topological polar surface area (TPSA) is 68.3 Å². The van der Waals surface area contributed by atoms with Crippen molar-refractivity contribution in [2.75, 3.05) is 5.73 Å². The molecule has 4 nitrogen and oxygen atoms in total. The fourth-order valence-electron chi connectivity index (χ4n) is 1.96. The lowest BCUT2D eigenvalue weighted by Gasteiger charge is -2.09. The molecule has 0 aliphatic heterocycles. The molecule has 19 heavy (non-hydrogen) atoms. The molecule has 0 aliphatic rings. The minimum atomic E-state index is -0.141. The molecule has 4 heteroatoms. The number of hydrogen-bond acceptors (Lipinski definition) is 3. The maximum absolute atomic E-state index is 12.1. The number of anilines is 1. The van der Waals surface area contributed by atoms with Crippen LogP contribution in [0.3, 0.4) is 0 Å². The van der Waals surface area contributed by atoms with Gasteiger partial charge in [-0.05, 0) is 50.1 Å². The maximum atomic E-state index is 12.1. The molecule has 1 aromatic heterocycles. The Bertz CT molecular complexity index is 615. The first-order valence-corrected chi connectivity index (χ1v) is 6.17. The maximum Gasteiger partial charge on any atom is 0.252 e. The first-order valence-electron chi connectivity index (χ1n) is 6.17. The van der Waals surface area contributed by atoms with Gasteiger partial charge in [0.15, 0.2) is 0 Å². The summed E-state index contributed by atoms with van der Waals surface area (Å²) in [6.07, 6.45) is 0. The molecule has 0 saturated heterocycles. The van der Waals surface area contributed by atoms with Gasteiger partial charge in [0.25, 0.3) is 5.91 Å². The summed E-state index contributed by atoms with van der Waals surface area (Å²) < 4.78 is 5.40. The first kappa shape index (κ1) is 13.2. The molecule has 2 aromatic rings. The van der Waals surface area contributed by atoms with Gasteiger partial charge in [-0.25, -0.2) is 0 Å². The smallest absolute Gasteiger partial charge is 0.252 e. The highest BCUT2D eigenvalue weighted by atomic mass is 16.3. The van der Waals surface area contributed by atoms with Gasteiger partial charge in [0.05, 0.1) is 6.54 Å². The molecule has 1 amide bonds. The molecule has 0 fully saturated rings. The number of carbonyl (C=O) groups excluding carboxylic acids is 1. The summed E-state index contributed by atoms with van der Waals surface area (Å²) in [4.78, 5) is 12.1. The summed E-state index contributed by atoms with van der Waals surface area (Å²) >= 11 is 0. The zero-order valence-electron chi connectivity index (χ0n) is 11.4. The highest BCUT2D eigenvalue weighted by molar-refractivity contribution is 5.96. The van der Waals surface area contributed by atoms with Crippen LogP contribution in [0.5, 0.6) is 0 Å². The Balaban J connectivity index is 2.10. The van der Waals surface area contributed by atoms with E-state index in [0.29, 0.717) is 17.8 Å². The molecular weight excluding hydrogens is 240 g/mol. The Hall–Kier alpha value is -2.23. The van der Waals surface area contributed by atoms with Gasteiger partial charge in [0, 0.05) is 11.3 Å². The van der Waals surface area contributed by atoms with E-state index in [1.165, 1.54) is 0 Å². The second-order valence-electron chi connectivity index (χ2n) is 4.72. The fraction of sp³-hybridized carbons (Fsp3) is 0.267. The molecule has 0 radical (unpaired) electrons. The Labute approximate surface area is 112 Å². The van der Waals surface area contributed by atoms with Gasteiger partial charge in [-0.15, -0.1) is 0 Å². The van der Waals surface area contributed by atoms with Crippen molar-refractivity contribution < 1.29 is 9.21 Å². The Morgan fingerprint density at radius 1 is 1.21 bits per heavy atom. The van der Waals surface area contributed by atoms with Crippen LogP contribution >= 0.6 is 0 Å². The zero-order chi connectivity index (χ0) is 14.0. The molecular formula is C15H18N2O2. The minimum Gasteiger partial charge on any atom is -0.465 e. The molecule has 0 saturated carbocycles. The van der Waals surface area contributed by atoms with E-state index >= 15 is 0 Å². The molecule has 0 spiro atoms. The van der Waals surface area contributed by atoms with Gasteiger partial charge in [-0.1, -0.05) is 6.07 Å². The highest BCUT2D eigenvalue weighted by Gasteiger charge is 2.11. The van der Waals surface area contributed by atoms with E-state index in [1.54, 1.807) is 6.07 Å². The second kappa shape index (κ2) is 5.18. The lowest BCUT2D eigenvalue weighted by molar-refractivity contribution is 0.0947. The number of nitrogen functional groups attached to an aromatic ring is 1. The van der Waals surface area contributed by atoms with Crippen molar-refractivity contribution in [1.29, 1.82) is 0 Å². The van der Waals surface area contributed by atoms with Gasteiger partial charge in [0.1, 0.15) is 11.5 Å². The standard InChI is InChI=1S/C15H18N2O2/c1-9-6-10(2)14(16)7-13(9)15(18)17-8-12-5-4-11(3)19-12/h4-7H,8,16H2,1-3H3,(H,17,18). The number of amides is 1. The second-order valence-corrected chi connectivity index (χ2v) is 4.72. The van der Waals surface area contributed by atoms with Gasteiger partial charge >= 0.3 is 0 Å². The van der Waals surface area contributed by atoms with Crippen molar-refractivity contribution in [2.24, 2.45) is 0 Å². The average molecular weight is 258 g/mol. The number of benzene rings is 1. The molecule has 0 unspecified atom stereocenters. The summed E-state index contributed by atoms with van der Waals surface area (Å²) in [6, 6.07) is 7.36. The SMILES string of the molecule is Cc1ccc(CNC(=O)c2cc(N)c(C)cc2C)o1. The number of nitrogens with two attached hydrogens (primary N) is 1. The van der Waals surface area contributed by atoms with E-state index in [-0.39, 0.29) is 5.91 Å². The van der Waals surface area contributed by atoms with Crippen LogP contribution in [-0.2, 0) is 6.54 Å². The van der Waals surface area contributed by atoms with Crippen molar-refractivity contribution in [1.82, 2.24) is 5.32 Å². The summed E-state index contributed by atoms with van der Waals surface area (Å²) in [5, 5.41) is 2.83. The van der Waals surface area contributed by atoms with Crippen LogP contribution in [-0.4, -0.2) is 5.91 Å². The first-order chi connectivity index (χ1) is 8.97. The van der Waals surface area contributed by atoms with E-state index in [2.05, 4.69) is 5.32 Å². The molecule has 0 atom stereocenters. The quantitative estimate of drug-likeness (QED) is 0.832. The number of furan rings is 1. The fourth-order valence-corrected chi connectivity index (χ4v) is 1.96. The normalized spacial score (nSPS) is 10.5. The van der Waals surface area contributed by atoms with Crippen molar-refractivity contribution in [3.63, 3.8) is 0 Å². The molecule has 3 N–H and O–H groups in total. The van der Waals surface area contributed by atoms with Crippen LogP contribution in [0.15, 0.2) is 28.7 Å². The predicted octanol–water partition coefficient (Wildman–Crippen LogP) is 2.72. The molecule has 1 aromatic carbocycles. The lowest BCUT2D eigenvalue weighted by atomic mass is 10.0. The predicted molar refractivity (Wildman–Crippen MR) is 74.9 cm³/mol. The summed E-state index contributed by atoms with van der Waals surface area (Å²) in [7, 11) is 0. The van der Waals surface area contributed by atoms with Crippen LogP contribution in [0.2, 0.25) is 0 Å². The van der Waals surface area contributed by atoms with Gasteiger partial charge < -0.3 is 15.5 Å². The van der Waals surface area contributed by atoms with Crippen LogP contribution in [0.1, 0.15) is 33.0 Å². The van der Waals surface area contributed by atoms with Crippen molar-refractivity contribution in [3.05, 3.63) is 52.5 Å². The lowest BCUT2D eigenvalue weighted by Crippen LogP contribution is -2.23. The number of nitrogens with one attached hydrogen (secondary N) is 1. The van der Waals surface area contributed by atoms with Crippen LogP contribution in [0.4, 0.5) is 5.69 Å². The zero-order valence-corrected chi connectivity index (χ0v) is 11.4. The minimum absolute atomic E-state index is 0.141. The molecule has 2 rings (SSSR count). The third-order valence-electron chi connectivity index (χ3n) is 3.08. The van der Waals surface area contributed by atoms with Gasteiger partial charge in [0.2, 0.25) is 0 Å². The largest absolute Gasteiger partial charge is 0.465 e. The van der Waals surface area contributed by atoms with E-state index in [4.69, 9.17) is 10.2 Å². The van der Waals surface area contributed by atoms with Crippen molar-refractivity contribution in [2.45, 2.75) is 27.3 Å². The van der Waals surface area contributed by atoms with Gasteiger partial charge in [-0.3, -0.25) is 4.79 Å². The Morgan fingerprint density at radius 3 is 2.58 bits per heavy atom. The number of carbonyl (C=O) groups is 1. The van der Waals surface area contributed by atoms with Crippen LogP contribution in [0, 0.1) is 20.8 Å². The average Bonchev–Trinajstić information content (AvgIpc) is 2.77. The summed E-state index contributed by atoms with van der Waals surface area (Å²) in [5.41, 5.74) is 8.97. The number of hydrogen-bond donors (Lipinski definition) is 2. The van der Waals surface area contributed by atoms with E-state index in [9.17, 15) is 4.79 Å². The number of aryl methyl sites for hydroxylation is 3. The molecule has 100 valence electrons. The van der Waals surface area contributed by atoms with E-state index in [0.717, 1.165) is 22.6 Å². The third kappa shape index (κ3) is 2.96. The van der Waals surface area contributed by atoms with Gasteiger partial charge in [-0.2, -0.15) is 0 Å². The van der Waals surface area contributed by atoms with Crippen molar-refractivity contribution >= 4 is 11.6 Å². The molecule has 0 bridgehead atoms. The highest BCUT2D eigenvalue weighted by Crippen LogP contribution is 2.18. The van der Waals surface area contributed by atoms with Crippen LogP contribution < -0.4 is 11.1 Å². The monoisotopic (exact) mass is 258 g/mol. The van der Waals surface area contributed by atoms with E-state index < -0.39 is 0 Å². The van der Waals surface area contributed by atoms with Crippen molar-refractivity contribution in [3.8, 4) is 0 Å². The molecule has 0 aliphatic carbocycles. The van der Waals surface area contributed by atoms with E-state index in [1.807, 2.05) is 39.0 Å².